The lowest BCUT2D eigenvalue weighted by molar-refractivity contribution is -0.139. The molecule has 1 atom stereocenters. The number of anilines is 1. The summed E-state index contributed by atoms with van der Waals surface area (Å²) in [5.41, 5.74) is 11.7. The average Bonchev–Trinajstić information content (AvgIpc) is 2.72. The number of alkyl carbamates (subject to hydrolysis) is 1. The molecule has 7 N–H and O–H groups in total. The van der Waals surface area contributed by atoms with Crippen LogP contribution < -0.4 is 22.1 Å². The van der Waals surface area contributed by atoms with Crippen molar-refractivity contribution in [2.24, 2.45) is 22.4 Å². The quantitative estimate of drug-likeness (QED) is 0.283. The van der Waals surface area contributed by atoms with Crippen LogP contribution in [0.2, 0.25) is 0 Å². The molecule has 33 heavy (non-hydrogen) atoms. The van der Waals surface area contributed by atoms with Gasteiger partial charge in [-0.15, -0.1) is 0 Å². The van der Waals surface area contributed by atoms with Crippen LogP contribution >= 0.6 is 0 Å². The second-order valence-electron chi connectivity index (χ2n) is 7.62. The van der Waals surface area contributed by atoms with Crippen molar-refractivity contribution in [2.75, 3.05) is 11.9 Å². The summed E-state index contributed by atoms with van der Waals surface area (Å²) in [7, 11) is 0. The Morgan fingerprint density at radius 1 is 1.12 bits per heavy atom. The Balaban J connectivity index is 2.03. The van der Waals surface area contributed by atoms with Gasteiger partial charge < -0.3 is 31.9 Å². The van der Waals surface area contributed by atoms with Crippen molar-refractivity contribution in [1.29, 1.82) is 0 Å². The van der Waals surface area contributed by atoms with Gasteiger partial charge in [-0.25, -0.2) is 19.0 Å². The fourth-order valence-electron chi connectivity index (χ4n) is 2.71. The number of carboxylic acid groups (broad SMARTS) is 1. The van der Waals surface area contributed by atoms with E-state index < -0.39 is 29.8 Å². The second kappa shape index (κ2) is 11.5. The minimum Gasteiger partial charge on any atom is -0.480 e. The van der Waals surface area contributed by atoms with Gasteiger partial charge in [0.1, 0.15) is 11.9 Å². The molecule has 0 heterocycles. The highest BCUT2D eigenvalue weighted by Crippen LogP contribution is 2.19. The molecule has 2 aromatic rings. The zero-order chi connectivity index (χ0) is 24.5. The Hall–Kier alpha value is -4.15. The maximum Gasteiger partial charge on any atom is 0.407 e. The molecular formula is C22H26FN5O5. The van der Waals surface area contributed by atoms with E-state index >= 15 is 0 Å². The Labute approximate surface area is 189 Å². The lowest BCUT2D eigenvalue weighted by Crippen LogP contribution is -2.42. The monoisotopic (exact) mass is 459 g/mol. The first-order valence-corrected chi connectivity index (χ1v) is 10.00. The van der Waals surface area contributed by atoms with Crippen molar-refractivity contribution in [2.45, 2.75) is 26.3 Å². The van der Waals surface area contributed by atoms with Gasteiger partial charge >= 0.3 is 12.1 Å². The van der Waals surface area contributed by atoms with Crippen molar-refractivity contribution in [1.82, 2.24) is 5.32 Å². The number of nitrogens with zero attached hydrogens (tertiary/aromatic N) is 1. The predicted octanol–water partition coefficient (Wildman–Crippen LogP) is 2.36. The Morgan fingerprint density at radius 3 is 2.36 bits per heavy atom. The van der Waals surface area contributed by atoms with E-state index in [0.717, 1.165) is 12.1 Å². The molecule has 0 radical (unpaired) electrons. The van der Waals surface area contributed by atoms with E-state index in [2.05, 4.69) is 15.6 Å². The van der Waals surface area contributed by atoms with Gasteiger partial charge in [0.2, 0.25) is 0 Å². The minimum atomic E-state index is -1.21. The number of carbonyl (C=O) groups excluding carboxylic acids is 2. The molecule has 2 amide bonds. The third-order valence-corrected chi connectivity index (χ3v) is 4.19. The molecule has 0 aliphatic carbocycles. The summed E-state index contributed by atoms with van der Waals surface area (Å²) in [6.07, 6.45) is -0.804. The number of nitrogens with one attached hydrogen (secondary N) is 2. The zero-order valence-corrected chi connectivity index (χ0v) is 18.2. The van der Waals surface area contributed by atoms with Crippen molar-refractivity contribution in [3.8, 4) is 0 Å². The van der Waals surface area contributed by atoms with Crippen LogP contribution in [0.4, 0.5) is 20.6 Å². The fourth-order valence-corrected chi connectivity index (χ4v) is 2.71. The highest BCUT2D eigenvalue weighted by atomic mass is 19.1. The molecule has 2 rings (SSSR count). The standard InChI is InChI=1S/C22H26FN5O5/c1-12(2)11-33-22(32)28-18(20(30)31)7-13-3-5-16(6-4-13)26-19(29)14-8-15(23)10-17(9-14)27-21(24)25/h3-6,8-10,12,18H,7,11H2,1-2H3,(H,26,29)(H,28,32)(H,30,31)(H4,24,25,27). The van der Waals surface area contributed by atoms with Gasteiger partial charge in [0.15, 0.2) is 5.96 Å². The highest BCUT2D eigenvalue weighted by Gasteiger charge is 2.21. The van der Waals surface area contributed by atoms with Crippen molar-refractivity contribution >= 4 is 35.3 Å². The fraction of sp³-hybridized carbons (Fsp3) is 0.273. The number of ether oxygens (including phenoxy) is 1. The summed E-state index contributed by atoms with van der Waals surface area (Å²) < 4.78 is 18.7. The summed E-state index contributed by atoms with van der Waals surface area (Å²) in [4.78, 5) is 39.5. The van der Waals surface area contributed by atoms with Crippen LogP contribution in [-0.4, -0.2) is 41.7 Å². The summed E-state index contributed by atoms with van der Waals surface area (Å²) in [6.45, 7) is 3.89. The van der Waals surface area contributed by atoms with Gasteiger partial charge in [-0.05, 0) is 41.8 Å². The van der Waals surface area contributed by atoms with Gasteiger partial charge in [-0.2, -0.15) is 0 Å². The third kappa shape index (κ3) is 8.48. The molecule has 0 bridgehead atoms. The molecule has 1 unspecified atom stereocenters. The Morgan fingerprint density at radius 2 is 1.79 bits per heavy atom. The van der Waals surface area contributed by atoms with Crippen LogP contribution in [0.1, 0.15) is 29.8 Å². The number of amides is 2. The third-order valence-electron chi connectivity index (χ3n) is 4.19. The van der Waals surface area contributed by atoms with E-state index in [-0.39, 0.29) is 36.2 Å². The van der Waals surface area contributed by atoms with Crippen LogP contribution in [0, 0.1) is 11.7 Å². The number of benzene rings is 2. The molecule has 0 saturated carbocycles. The Bertz CT molecular complexity index is 1040. The van der Waals surface area contributed by atoms with Crippen LogP contribution in [0.15, 0.2) is 47.5 Å². The number of nitrogens with two attached hydrogens (primary N) is 2. The predicted molar refractivity (Wildman–Crippen MR) is 121 cm³/mol. The summed E-state index contributed by atoms with van der Waals surface area (Å²) in [6, 6.07) is 8.57. The SMILES string of the molecule is CC(C)COC(=O)NC(Cc1ccc(NC(=O)c2cc(F)cc(N=C(N)N)c2)cc1)C(=O)O. The molecule has 0 aromatic heterocycles. The molecule has 0 fully saturated rings. The first-order valence-electron chi connectivity index (χ1n) is 10.00. The maximum absolute atomic E-state index is 13.8. The van der Waals surface area contributed by atoms with E-state index in [9.17, 15) is 23.9 Å². The van der Waals surface area contributed by atoms with Gasteiger partial charge in [-0.1, -0.05) is 26.0 Å². The number of rotatable bonds is 9. The number of aliphatic carboxylic acids is 1. The number of halogens is 1. The zero-order valence-electron chi connectivity index (χ0n) is 18.2. The van der Waals surface area contributed by atoms with Crippen molar-refractivity contribution in [3.05, 3.63) is 59.4 Å². The second-order valence-corrected chi connectivity index (χ2v) is 7.62. The highest BCUT2D eigenvalue weighted by molar-refractivity contribution is 6.04. The minimum absolute atomic E-state index is 0.00606. The smallest absolute Gasteiger partial charge is 0.407 e. The first kappa shape index (κ1) is 25.1. The molecule has 2 aromatic carbocycles. The summed E-state index contributed by atoms with van der Waals surface area (Å²) in [5, 5.41) is 14.3. The van der Waals surface area contributed by atoms with E-state index in [4.69, 9.17) is 16.2 Å². The lowest BCUT2D eigenvalue weighted by Gasteiger charge is -2.15. The van der Waals surface area contributed by atoms with Crippen molar-refractivity contribution in [3.63, 3.8) is 0 Å². The number of hydrogen-bond acceptors (Lipinski definition) is 5. The van der Waals surface area contributed by atoms with Crippen LogP contribution in [0.3, 0.4) is 0 Å². The van der Waals surface area contributed by atoms with E-state index in [1.165, 1.54) is 6.07 Å². The summed E-state index contributed by atoms with van der Waals surface area (Å²) in [5.74, 6) is -2.64. The molecule has 11 heteroatoms. The molecule has 10 nitrogen and oxygen atoms in total. The topological polar surface area (TPSA) is 169 Å². The molecule has 0 saturated heterocycles. The molecule has 0 aliphatic rings. The summed E-state index contributed by atoms with van der Waals surface area (Å²) >= 11 is 0. The first-order chi connectivity index (χ1) is 15.5. The maximum atomic E-state index is 13.8. The normalized spacial score (nSPS) is 11.4. The van der Waals surface area contributed by atoms with Crippen molar-refractivity contribution < 1.29 is 28.6 Å². The lowest BCUT2D eigenvalue weighted by atomic mass is 10.1. The number of carboxylic acids is 1. The van der Waals surface area contributed by atoms with Gasteiger partial charge in [-0.3, -0.25) is 4.79 Å². The number of aliphatic imine (C=N–C) groups is 1. The molecule has 0 aliphatic heterocycles. The molecule has 0 spiro atoms. The van der Waals surface area contributed by atoms with Crippen LogP contribution in [-0.2, 0) is 16.0 Å². The number of hydrogen-bond donors (Lipinski definition) is 5. The average molecular weight is 459 g/mol. The van der Waals surface area contributed by atoms with E-state index in [1.807, 2.05) is 13.8 Å². The van der Waals surface area contributed by atoms with Crippen LogP contribution in [0.5, 0.6) is 0 Å². The van der Waals surface area contributed by atoms with Gasteiger partial charge in [0.05, 0.1) is 12.3 Å². The molecular weight excluding hydrogens is 433 g/mol. The van der Waals surface area contributed by atoms with E-state index in [1.54, 1.807) is 24.3 Å². The van der Waals surface area contributed by atoms with Crippen LogP contribution in [0.25, 0.3) is 0 Å². The number of guanidine groups is 1. The molecule has 176 valence electrons. The van der Waals surface area contributed by atoms with Gasteiger partial charge in [0.25, 0.3) is 5.91 Å². The van der Waals surface area contributed by atoms with Gasteiger partial charge in [0, 0.05) is 17.7 Å². The largest absolute Gasteiger partial charge is 0.480 e. The van der Waals surface area contributed by atoms with E-state index in [0.29, 0.717) is 11.3 Å². The Kier molecular flexibility index (Phi) is 8.72. The number of carbonyl (C=O) groups is 3.